The Kier molecular flexibility index (Phi) is 2.09. The molecule has 1 aromatic heterocycles. The number of halogens is 1. The minimum Gasteiger partial charge on any atom is -0.463 e. The highest BCUT2D eigenvalue weighted by molar-refractivity contribution is 9.10. The van der Waals surface area contributed by atoms with Gasteiger partial charge in [0.1, 0.15) is 11.8 Å². The average Bonchev–Trinajstić information content (AvgIpc) is 2.88. The molecule has 19 heavy (non-hydrogen) atoms. The normalized spacial score (nSPS) is 15.5. The van der Waals surface area contributed by atoms with Crippen LogP contribution in [0.25, 0.3) is 22.1 Å². The van der Waals surface area contributed by atoms with Crippen LogP contribution in [0, 0.1) is 0 Å². The van der Waals surface area contributed by atoms with Gasteiger partial charge >= 0.3 is 0 Å². The van der Waals surface area contributed by atoms with Crippen LogP contribution in [0.1, 0.15) is 25.0 Å². The van der Waals surface area contributed by atoms with E-state index in [2.05, 4.69) is 66.2 Å². The molecule has 1 aliphatic rings. The van der Waals surface area contributed by atoms with Crippen LogP contribution in [0.4, 0.5) is 0 Å². The maximum Gasteiger partial charge on any atom is 0.135 e. The Morgan fingerprint density at radius 3 is 2.63 bits per heavy atom. The summed E-state index contributed by atoms with van der Waals surface area (Å²) in [6, 6.07) is 13.1. The van der Waals surface area contributed by atoms with Crippen LogP contribution in [-0.4, -0.2) is 0 Å². The largest absolute Gasteiger partial charge is 0.463 e. The van der Waals surface area contributed by atoms with Gasteiger partial charge in [0.15, 0.2) is 0 Å². The summed E-state index contributed by atoms with van der Waals surface area (Å²) in [7, 11) is 0. The second-order valence-corrected chi connectivity index (χ2v) is 6.50. The Morgan fingerprint density at radius 2 is 1.79 bits per heavy atom. The molecule has 0 saturated heterocycles. The lowest BCUT2D eigenvalue weighted by atomic mass is 9.82. The van der Waals surface area contributed by atoms with Crippen LogP contribution >= 0.6 is 15.9 Å². The van der Waals surface area contributed by atoms with Crippen LogP contribution in [0.3, 0.4) is 0 Å². The SMILES string of the molecule is CC1(C)c2ccccc2-c2cc3c(Br)coc3cc21. The van der Waals surface area contributed by atoms with Gasteiger partial charge in [-0.05, 0) is 50.3 Å². The lowest BCUT2D eigenvalue weighted by Gasteiger charge is -2.21. The van der Waals surface area contributed by atoms with Crippen molar-refractivity contribution in [2.24, 2.45) is 0 Å². The summed E-state index contributed by atoms with van der Waals surface area (Å²) in [4.78, 5) is 0. The van der Waals surface area contributed by atoms with E-state index in [4.69, 9.17) is 4.42 Å². The van der Waals surface area contributed by atoms with Gasteiger partial charge in [0.2, 0.25) is 0 Å². The first-order valence-corrected chi connectivity index (χ1v) is 7.19. The number of rotatable bonds is 0. The summed E-state index contributed by atoms with van der Waals surface area (Å²) < 4.78 is 6.64. The van der Waals surface area contributed by atoms with Gasteiger partial charge in [-0.1, -0.05) is 38.1 Å². The molecule has 0 amide bonds. The van der Waals surface area contributed by atoms with E-state index in [-0.39, 0.29) is 5.41 Å². The van der Waals surface area contributed by atoms with Gasteiger partial charge in [-0.3, -0.25) is 0 Å². The van der Waals surface area contributed by atoms with Gasteiger partial charge in [0.05, 0.1) is 4.47 Å². The van der Waals surface area contributed by atoms with Crippen molar-refractivity contribution in [2.75, 3.05) is 0 Å². The Balaban J connectivity index is 2.16. The maximum absolute atomic E-state index is 5.62. The average molecular weight is 313 g/mol. The van der Waals surface area contributed by atoms with E-state index >= 15 is 0 Å². The molecular weight excluding hydrogens is 300 g/mol. The van der Waals surface area contributed by atoms with Crippen molar-refractivity contribution in [3.8, 4) is 11.1 Å². The van der Waals surface area contributed by atoms with E-state index in [0.717, 1.165) is 15.4 Å². The van der Waals surface area contributed by atoms with Crippen molar-refractivity contribution < 1.29 is 4.42 Å². The van der Waals surface area contributed by atoms with Crippen LogP contribution < -0.4 is 0 Å². The van der Waals surface area contributed by atoms with Crippen molar-refractivity contribution in [2.45, 2.75) is 19.3 Å². The Labute approximate surface area is 120 Å². The molecule has 2 heteroatoms. The third-order valence-corrected chi connectivity index (χ3v) is 4.84. The zero-order valence-electron chi connectivity index (χ0n) is 10.8. The van der Waals surface area contributed by atoms with Gasteiger partial charge < -0.3 is 4.42 Å². The highest BCUT2D eigenvalue weighted by atomic mass is 79.9. The quantitative estimate of drug-likeness (QED) is 0.534. The van der Waals surface area contributed by atoms with Crippen LogP contribution in [0.15, 0.2) is 51.6 Å². The van der Waals surface area contributed by atoms with Crippen molar-refractivity contribution in [3.63, 3.8) is 0 Å². The van der Waals surface area contributed by atoms with Gasteiger partial charge in [-0.25, -0.2) is 0 Å². The molecule has 0 bridgehead atoms. The van der Waals surface area contributed by atoms with Gasteiger partial charge in [0, 0.05) is 10.8 Å². The lowest BCUT2D eigenvalue weighted by Crippen LogP contribution is -2.14. The molecule has 1 nitrogen and oxygen atoms in total. The number of fused-ring (bicyclic) bond motifs is 4. The molecule has 0 spiro atoms. The van der Waals surface area contributed by atoms with Crippen LogP contribution in [0.2, 0.25) is 0 Å². The van der Waals surface area contributed by atoms with Gasteiger partial charge in [-0.15, -0.1) is 0 Å². The number of furan rings is 1. The lowest BCUT2D eigenvalue weighted by molar-refractivity contribution is 0.609. The van der Waals surface area contributed by atoms with E-state index in [1.807, 2.05) is 0 Å². The molecule has 4 rings (SSSR count). The highest BCUT2D eigenvalue weighted by Gasteiger charge is 2.35. The molecule has 2 aromatic carbocycles. The maximum atomic E-state index is 5.62. The Hall–Kier alpha value is -1.54. The molecule has 94 valence electrons. The summed E-state index contributed by atoms with van der Waals surface area (Å²) in [5.74, 6) is 0. The second-order valence-electron chi connectivity index (χ2n) is 5.65. The fourth-order valence-electron chi connectivity index (χ4n) is 3.19. The predicted molar refractivity (Wildman–Crippen MR) is 81.5 cm³/mol. The molecule has 0 atom stereocenters. The molecule has 1 aliphatic carbocycles. The minimum atomic E-state index is 0.0411. The Bertz CT molecular complexity index is 811. The summed E-state index contributed by atoms with van der Waals surface area (Å²) in [5, 5.41) is 1.14. The van der Waals surface area contributed by atoms with Crippen molar-refractivity contribution in [3.05, 3.63) is 58.3 Å². The molecule has 0 fully saturated rings. The van der Waals surface area contributed by atoms with Crippen molar-refractivity contribution >= 4 is 26.9 Å². The first-order valence-electron chi connectivity index (χ1n) is 6.40. The summed E-state index contributed by atoms with van der Waals surface area (Å²) in [6.07, 6.45) is 1.76. The van der Waals surface area contributed by atoms with Crippen LogP contribution in [-0.2, 0) is 5.41 Å². The topological polar surface area (TPSA) is 13.1 Å². The van der Waals surface area contributed by atoms with Gasteiger partial charge in [0.25, 0.3) is 0 Å². The Morgan fingerprint density at radius 1 is 1.00 bits per heavy atom. The van der Waals surface area contributed by atoms with Crippen LogP contribution in [0.5, 0.6) is 0 Å². The molecule has 0 aliphatic heterocycles. The fraction of sp³-hybridized carbons (Fsp3) is 0.176. The molecular formula is C17H13BrO. The number of hydrogen-bond donors (Lipinski definition) is 0. The summed E-state index contributed by atoms with van der Waals surface area (Å²) in [5.41, 5.74) is 6.41. The molecule has 0 radical (unpaired) electrons. The standard InChI is InChI=1S/C17H13BrO/c1-17(2)13-6-4-3-5-10(13)11-7-12-15(18)9-19-16(12)8-14(11)17/h3-9H,1-2H3. The zero-order valence-corrected chi connectivity index (χ0v) is 12.4. The zero-order chi connectivity index (χ0) is 13.2. The first kappa shape index (κ1) is 11.3. The minimum absolute atomic E-state index is 0.0411. The smallest absolute Gasteiger partial charge is 0.135 e. The number of hydrogen-bond acceptors (Lipinski definition) is 1. The molecule has 0 saturated carbocycles. The molecule has 3 aromatic rings. The number of benzene rings is 2. The third kappa shape index (κ3) is 1.35. The fourth-order valence-corrected chi connectivity index (χ4v) is 3.59. The van der Waals surface area contributed by atoms with E-state index in [0.29, 0.717) is 0 Å². The summed E-state index contributed by atoms with van der Waals surface area (Å²) in [6.45, 7) is 4.56. The van der Waals surface area contributed by atoms with E-state index in [1.54, 1.807) is 6.26 Å². The second kappa shape index (κ2) is 3.51. The van der Waals surface area contributed by atoms with E-state index in [9.17, 15) is 0 Å². The van der Waals surface area contributed by atoms with Gasteiger partial charge in [-0.2, -0.15) is 0 Å². The van der Waals surface area contributed by atoms with Crippen molar-refractivity contribution in [1.82, 2.24) is 0 Å². The van der Waals surface area contributed by atoms with E-state index in [1.165, 1.54) is 22.3 Å². The monoisotopic (exact) mass is 312 g/mol. The van der Waals surface area contributed by atoms with Crippen molar-refractivity contribution in [1.29, 1.82) is 0 Å². The third-order valence-electron chi connectivity index (χ3n) is 4.23. The first-order chi connectivity index (χ1) is 9.09. The molecule has 0 unspecified atom stereocenters. The summed E-state index contributed by atoms with van der Waals surface area (Å²) >= 11 is 3.55. The highest BCUT2D eigenvalue weighted by Crippen LogP contribution is 2.50. The predicted octanol–water partition coefficient (Wildman–Crippen LogP) is 5.50. The van der Waals surface area contributed by atoms with E-state index < -0.39 is 0 Å². The molecule has 1 heterocycles. The molecule has 0 N–H and O–H groups in total.